The van der Waals surface area contributed by atoms with Gasteiger partial charge in [-0.1, -0.05) is 0 Å². The van der Waals surface area contributed by atoms with Crippen LogP contribution in [0.15, 0.2) is 41.1 Å². The van der Waals surface area contributed by atoms with Gasteiger partial charge in [0, 0.05) is 13.1 Å². The molecule has 3 nitrogen and oxygen atoms in total. The third kappa shape index (κ3) is 2.94. The summed E-state index contributed by atoms with van der Waals surface area (Å²) in [6.45, 7) is 0. The van der Waals surface area contributed by atoms with Crippen LogP contribution >= 0.6 is 15.9 Å². The van der Waals surface area contributed by atoms with Crippen molar-refractivity contribution in [3.05, 3.63) is 46.9 Å². The molecule has 0 unspecified atom stereocenters. The average Bonchev–Trinajstić information content (AvgIpc) is 2.33. The van der Waals surface area contributed by atoms with Gasteiger partial charge in [0.25, 0.3) is 0 Å². The molecule has 0 aliphatic rings. The molecule has 0 saturated carbocycles. The first-order valence-corrected chi connectivity index (χ1v) is 5.74. The van der Waals surface area contributed by atoms with Crippen molar-refractivity contribution < 1.29 is 9.13 Å². The molecule has 2 rings (SSSR count). The Labute approximate surface area is 107 Å². The highest BCUT2D eigenvalue weighted by Gasteiger charge is 2.04. The van der Waals surface area contributed by atoms with Crippen molar-refractivity contribution in [3.8, 4) is 11.5 Å². The van der Waals surface area contributed by atoms with Crippen LogP contribution in [0.2, 0.25) is 0 Å². The zero-order valence-electron chi connectivity index (χ0n) is 9.08. The molecule has 1 N–H and O–H groups in total. The summed E-state index contributed by atoms with van der Waals surface area (Å²) in [4.78, 5) is 4.02. The maximum atomic E-state index is 12.9. The van der Waals surface area contributed by atoms with E-state index in [1.54, 1.807) is 25.5 Å². The van der Waals surface area contributed by atoms with E-state index in [-0.39, 0.29) is 5.82 Å². The smallest absolute Gasteiger partial charge is 0.147 e. The summed E-state index contributed by atoms with van der Waals surface area (Å²) in [6.07, 6.45) is 3.28. The first-order valence-electron chi connectivity index (χ1n) is 4.95. The molecule has 1 aromatic carbocycles. The minimum atomic E-state index is -0.314. The van der Waals surface area contributed by atoms with E-state index in [0.29, 0.717) is 16.0 Å². The van der Waals surface area contributed by atoms with E-state index in [0.717, 1.165) is 5.69 Å². The summed E-state index contributed by atoms with van der Waals surface area (Å²) in [6, 6.07) is 6.06. The first kappa shape index (κ1) is 11.9. The van der Waals surface area contributed by atoms with Gasteiger partial charge < -0.3 is 10.1 Å². The van der Waals surface area contributed by atoms with E-state index in [1.807, 2.05) is 6.07 Å². The highest BCUT2D eigenvalue weighted by atomic mass is 79.9. The van der Waals surface area contributed by atoms with Crippen LogP contribution in [0.25, 0.3) is 0 Å². The van der Waals surface area contributed by atoms with Crippen LogP contribution < -0.4 is 10.1 Å². The minimum Gasteiger partial charge on any atom is -0.454 e. The Hall–Kier alpha value is -1.62. The first-order chi connectivity index (χ1) is 8.19. The molecule has 5 heteroatoms. The van der Waals surface area contributed by atoms with Crippen molar-refractivity contribution in [2.45, 2.75) is 0 Å². The van der Waals surface area contributed by atoms with Crippen molar-refractivity contribution in [2.24, 2.45) is 0 Å². The van der Waals surface area contributed by atoms with E-state index in [4.69, 9.17) is 4.74 Å². The topological polar surface area (TPSA) is 34.2 Å². The maximum absolute atomic E-state index is 12.9. The van der Waals surface area contributed by atoms with Crippen molar-refractivity contribution in [1.82, 2.24) is 4.98 Å². The number of nitrogens with one attached hydrogen (secondary N) is 1. The number of aromatic nitrogens is 1. The van der Waals surface area contributed by atoms with Gasteiger partial charge in [0.1, 0.15) is 17.3 Å². The summed E-state index contributed by atoms with van der Waals surface area (Å²) >= 11 is 3.24. The molecule has 88 valence electrons. The predicted octanol–water partition coefficient (Wildman–Crippen LogP) is 3.82. The molecule has 0 amide bonds. The second-order valence-electron chi connectivity index (χ2n) is 3.34. The normalized spacial score (nSPS) is 10.1. The zero-order chi connectivity index (χ0) is 12.3. The Morgan fingerprint density at radius 3 is 2.82 bits per heavy atom. The quantitative estimate of drug-likeness (QED) is 0.935. The van der Waals surface area contributed by atoms with Crippen molar-refractivity contribution in [2.75, 3.05) is 12.4 Å². The lowest BCUT2D eigenvalue weighted by atomic mass is 10.3. The lowest BCUT2D eigenvalue weighted by molar-refractivity contribution is 0.475. The van der Waals surface area contributed by atoms with Gasteiger partial charge in [-0.2, -0.15) is 0 Å². The van der Waals surface area contributed by atoms with E-state index in [9.17, 15) is 4.39 Å². The largest absolute Gasteiger partial charge is 0.454 e. The fraction of sp³-hybridized carbons (Fsp3) is 0.0833. The van der Waals surface area contributed by atoms with E-state index in [1.165, 1.54) is 12.1 Å². The molecule has 0 bridgehead atoms. The second-order valence-corrected chi connectivity index (χ2v) is 4.19. The molecule has 0 radical (unpaired) electrons. The summed E-state index contributed by atoms with van der Waals surface area (Å²) in [7, 11) is 1.80. The number of halogens is 2. The summed E-state index contributed by atoms with van der Waals surface area (Å²) in [5.74, 6) is 0.817. The van der Waals surface area contributed by atoms with Crippen molar-refractivity contribution >= 4 is 21.6 Å². The molecular weight excluding hydrogens is 287 g/mol. The molecule has 2 aromatic rings. The zero-order valence-corrected chi connectivity index (χ0v) is 10.7. The van der Waals surface area contributed by atoms with Gasteiger partial charge in [0.15, 0.2) is 0 Å². The van der Waals surface area contributed by atoms with Gasteiger partial charge in [-0.25, -0.2) is 4.39 Å². The van der Waals surface area contributed by atoms with Crippen LogP contribution in [0.5, 0.6) is 11.5 Å². The lowest BCUT2D eigenvalue weighted by Gasteiger charge is -2.08. The van der Waals surface area contributed by atoms with E-state index in [2.05, 4.69) is 26.2 Å². The highest BCUT2D eigenvalue weighted by molar-refractivity contribution is 9.10. The van der Waals surface area contributed by atoms with Gasteiger partial charge in [-0.3, -0.25) is 4.98 Å². The minimum absolute atomic E-state index is 0.314. The van der Waals surface area contributed by atoms with Crippen molar-refractivity contribution in [1.29, 1.82) is 0 Å². The number of nitrogens with zero attached hydrogens (tertiary/aromatic N) is 1. The second kappa shape index (κ2) is 5.14. The van der Waals surface area contributed by atoms with Gasteiger partial charge >= 0.3 is 0 Å². The Morgan fingerprint density at radius 2 is 2.12 bits per heavy atom. The molecule has 0 spiro atoms. The number of ether oxygens (including phenoxy) is 1. The monoisotopic (exact) mass is 296 g/mol. The van der Waals surface area contributed by atoms with Crippen LogP contribution in [-0.4, -0.2) is 12.0 Å². The summed E-state index contributed by atoms with van der Waals surface area (Å²) in [5.41, 5.74) is 0.848. The van der Waals surface area contributed by atoms with Crippen LogP contribution in [0, 0.1) is 5.82 Å². The number of hydrogen-bond acceptors (Lipinski definition) is 3. The molecular formula is C12H10BrFN2O. The number of pyridine rings is 1. The van der Waals surface area contributed by atoms with E-state index >= 15 is 0 Å². The molecule has 17 heavy (non-hydrogen) atoms. The van der Waals surface area contributed by atoms with Crippen LogP contribution in [0.1, 0.15) is 0 Å². The third-order valence-corrected chi connectivity index (χ3v) is 2.74. The van der Waals surface area contributed by atoms with Crippen LogP contribution in [0.3, 0.4) is 0 Å². The number of rotatable bonds is 3. The predicted molar refractivity (Wildman–Crippen MR) is 68.0 cm³/mol. The number of benzene rings is 1. The highest BCUT2D eigenvalue weighted by Crippen LogP contribution is 2.30. The van der Waals surface area contributed by atoms with Crippen LogP contribution in [0.4, 0.5) is 10.1 Å². The Bertz CT molecular complexity index is 534. The maximum Gasteiger partial charge on any atom is 0.147 e. The molecule has 0 aliphatic heterocycles. The summed E-state index contributed by atoms with van der Waals surface area (Å²) < 4.78 is 19.1. The Kier molecular flexibility index (Phi) is 3.58. The fourth-order valence-electron chi connectivity index (χ4n) is 1.30. The summed E-state index contributed by atoms with van der Waals surface area (Å²) in [5, 5.41) is 2.96. The van der Waals surface area contributed by atoms with Gasteiger partial charge in [0.2, 0.25) is 0 Å². The Morgan fingerprint density at radius 1 is 1.29 bits per heavy atom. The van der Waals surface area contributed by atoms with Crippen molar-refractivity contribution in [3.63, 3.8) is 0 Å². The molecule has 0 atom stereocenters. The standard InChI is InChI=1S/C12H10BrFN2O/c1-15-9-5-10(7-16-6-9)17-12-3-2-8(14)4-11(12)13/h2-7,15H,1H3. The number of anilines is 1. The SMILES string of the molecule is CNc1cncc(Oc2ccc(F)cc2Br)c1. The van der Waals surface area contributed by atoms with Gasteiger partial charge in [-0.05, 0) is 34.1 Å². The molecule has 1 aromatic heterocycles. The molecule has 1 heterocycles. The third-order valence-electron chi connectivity index (χ3n) is 2.12. The Balaban J connectivity index is 2.25. The fourth-order valence-corrected chi connectivity index (χ4v) is 1.73. The molecule has 0 fully saturated rings. The van der Waals surface area contributed by atoms with Gasteiger partial charge in [0.05, 0.1) is 22.6 Å². The molecule has 0 saturated heterocycles. The lowest BCUT2D eigenvalue weighted by Crippen LogP contribution is -1.91. The number of hydrogen-bond donors (Lipinski definition) is 1. The van der Waals surface area contributed by atoms with Crippen LogP contribution in [-0.2, 0) is 0 Å². The van der Waals surface area contributed by atoms with Gasteiger partial charge in [-0.15, -0.1) is 0 Å². The average molecular weight is 297 g/mol. The van der Waals surface area contributed by atoms with E-state index < -0.39 is 0 Å². The molecule has 0 aliphatic carbocycles.